The highest BCUT2D eigenvalue weighted by molar-refractivity contribution is 5.96. The molecule has 0 aliphatic rings. The van der Waals surface area contributed by atoms with Crippen LogP contribution < -0.4 is 5.73 Å². The van der Waals surface area contributed by atoms with Crippen molar-refractivity contribution in [3.8, 4) is 0 Å². The minimum atomic E-state index is -0.403. The summed E-state index contributed by atoms with van der Waals surface area (Å²) in [6.07, 6.45) is 3.55. The fourth-order valence-electron chi connectivity index (χ4n) is 1.84. The second-order valence-electron chi connectivity index (χ2n) is 4.32. The summed E-state index contributed by atoms with van der Waals surface area (Å²) in [6, 6.07) is 5.34. The van der Waals surface area contributed by atoms with E-state index in [-0.39, 0.29) is 6.61 Å². The Morgan fingerprint density at radius 1 is 1.47 bits per heavy atom. The summed E-state index contributed by atoms with van der Waals surface area (Å²) in [4.78, 5) is 12.0. The number of carbonyl (C=O) groups excluding carboxylic acids is 1. The largest absolute Gasteiger partial charge is 0.457 e. The minimum absolute atomic E-state index is 0.201. The first-order chi connectivity index (χ1) is 9.11. The summed E-state index contributed by atoms with van der Waals surface area (Å²) in [5.74, 6) is -0.403. The maximum atomic E-state index is 12.0. The van der Waals surface area contributed by atoms with Gasteiger partial charge in [0.25, 0.3) is 0 Å². The monoisotopic (exact) mass is 259 g/mol. The molecule has 100 valence electrons. The molecular formula is C14H17N3O2. The number of hydrogen-bond acceptors (Lipinski definition) is 4. The Morgan fingerprint density at radius 3 is 2.89 bits per heavy atom. The van der Waals surface area contributed by atoms with Gasteiger partial charge in [-0.15, -0.1) is 0 Å². The van der Waals surface area contributed by atoms with E-state index in [1.807, 2.05) is 32.2 Å². The van der Waals surface area contributed by atoms with Crippen molar-refractivity contribution < 1.29 is 9.53 Å². The van der Waals surface area contributed by atoms with Crippen LogP contribution in [0.1, 0.15) is 28.4 Å². The Labute approximate surface area is 112 Å². The molecule has 0 amide bonds. The van der Waals surface area contributed by atoms with Crippen LogP contribution in [0.5, 0.6) is 0 Å². The van der Waals surface area contributed by atoms with E-state index in [1.54, 1.807) is 16.9 Å². The summed E-state index contributed by atoms with van der Waals surface area (Å²) < 4.78 is 7.04. The van der Waals surface area contributed by atoms with Gasteiger partial charge in [-0.3, -0.25) is 4.68 Å². The van der Waals surface area contributed by atoms with Crippen LogP contribution in [-0.2, 0) is 17.9 Å². The van der Waals surface area contributed by atoms with Gasteiger partial charge >= 0.3 is 5.97 Å². The van der Waals surface area contributed by atoms with Crippen LogP contribution in [0.25, 0.3) is 0 Å². The summed E-state index contributed by atoms with van der Waals surface area (Å²) in [5.41, 5.74) is 8.35. The van der Waals surface area contributed by atoms with Crippen LogP contribution in [0.3, 0.4) is 0 Å². The van der Waals surface area contributed by atoms with Gasteiger partial charge in [-0.1, -0.05) is 12.1 Å². The zero-order valence-corrected chi connectivity index (χ0v) is 11.1. The standard InChI is InChI=1S/C14H17N3O2/c1-3-17-8-11(7-16-17)9-19-14(18)13-10(2)5-4-6-12(13)15/h4-8H,3,9,15H2,1-2H3. The lowest BCUT2D eigenvalue weighted by molar-refractivity contribution is 0.0473. The van der Waals surface area contributed by atoms with Gasteiger partial charge in [-0.05, 0) is 25.5 Å². The second kappa shape index (κ2) is 5.56. The van der Waals surface area contributed by atoms with Crippen molar-refractivity contribution in [3.05, 3.63) is 47.3 Å². The van der Waals surface area contributed by atoms with Crippen molar-refractivity contribution in [2.45, 2.75) is 27.0 Å². The number of aryl methyl sites for hydroxylation is 2. The average molecular weight is 259 g/mol. The van der Waals surface area contributed by atoms with Gasteiger partial charge in [0.2, 0.25) is 0 Å². The Bertz CT molecular complexity index is 570. The number of esters is 1. The third-order valence-corrected chi connectivity index (χ3v) is 2.89. The molecule has 0 aliphatic heterocycles. The first-order valence-electron chi connectivity index (χ1n) is 6.15. The molecule has 1 heterocycles. The minimum Gasteiger partial charge on any atom is -0.457 e. The lowest BCUT2D eigenvalue weighted by Gasteiger charge is -2.08. The van der Waals surface area contributed by atoms with Crippen LogP contribution in [0.2, 0.25) is 0 Å². The van der Waals surface area contributed by atoms with E-state index in [9.17, 15) is 4.79 Å². The van der Waals surface area contributed by atoms with Crippen molar-refractivity contribution >= 4 is 11.7 Å². The highest BCUT2D eigenvalue weighted by atomic mass is 16.5. The average Bonchev–Trinajstić information content (AvgIpc) is 2.84. The summed E-state index contributed by atoms with van der Waals surface area (Å²) in [7, 11) is 0. The van der Waals surface area contributed by atoms with Gasteiger partial charge < -0.3 is 10.5 Å². The molecule has 0 fully saturated rings. The first-order valence-corrected chi connectivity index (χ1v) is 6.15. The Balaban J connectivity index is 2.05. The molecular weight excluding hydrogens is 242 g/mol. The Hall–Kier alpha value is -2.30. The van der Waals surface area contributed by atoms with Crippen LogP contribution in [0, 0.1) is 6.92 Å². The van der Waals surface area contributed by atoms with E-state index < -0.39 is 5.97 Å². The Morgan fingerprint density at radius 2 is 2.26 bits per heavy atom. The van der Waals surface area contributed by atoms with E-state index in [1.165, 1.54) is 0 Å². The van der Waals surface area contributed by atoms with Crippen LogP contribution in [-0.4, -0.2) is 15.7 Å². The maximum Gasteiger partial charge on any atom is 0.340 e. The highest BCUT2D eigenvalue weighted by Gasteiger charge is 2.14. The number of rotatable bonds is 4. The molecule has 2 N–H and O–H groups in total. The number of hydrogen-bond donors (Lipinski definition) is 1. The van der Waals surface area contributed by atoms with Crippen molar-refractivity contribution in [3.63, 3.8) is 0 Å². The molecule has 0 atom stereocenters. The van der Waals surface area contributed by atoms with Gasteiger partial charge in [-0.2, -0.15) is 5.10 Å². The molecule has 5 heteroatoms. The second-order valence-corrected chi connectivity index (χ2v) is 4.32. The van der Waals surface area contributed by atoms with E-state index in [2.05, 4.69) is 5.10 Å². The third kappa shape index (κ3) is 2.93. The normalized spacial score (nSPS) is 10.4. The molecule has 19 heavy (non-hydrogen) atoms. The van der Waals surface area contributed by atoms with Crippen LogP contribution >= 0.6 is 0 Å². The predicted octanol–water partition coefficient (Wildman–Crippen LogP) is 2.15. The fraction of sp³-hybridized carbons (Fsp3) is 0.286. The SMILES string of the molecule is CCn1cc(COC(=O)c2c(C)cccc2N)cn1. The van der Waals surface area contributed by atoms with E-state index in [0.717, 1.165) is 17.7 Å². The lowest BCUT2D eigenvalue weighted by Crippen LogP contribution is -2.10. The van der Waals surface area contributed by atoms with Crippen molar-refractivity contribution in [2.24, 2.45) is 0 Å². The molecule has 0 unspecified atom stereocenters. The number of benzene rings is 1. The number of anilines is 1. The third-order valence-electron chi connectivity index (χ3n) is 2.89. The number of ether oxygens (including phenoxy) is 1. The number of nitrogens with zero attached hydrogens (tertiary/aromatic N) is 2. The molecule has 0 spiro atoms. The lowest BCUT2D eigenvalue weighted by atomic mass is 10.1. The van der Waals surface area contributed by atoms with E-state index >= 15 is 0 Å². The zero-order chi connectivity index (χ0) is 13.8. The molecule has 1 aromatic heterocycles. The van der Waals surface area contributed by atoms with Crippen molar-refractivity contribution in [1.82, 2.24) is 9.78 Å². The number of nitrogen functional groups attached to an aromatic ring is 1. The van der Waals surface area contributed by atoms with Gasteiger partial charge in [0.1, 0.15) is 6.61 Å². The first kappa shape index (κ1) is 13.1. The van der Waals surface area contributed by atoms with E-state index in [0.29, 0.717) is 11.3 Å². The number of nitrogens with two attached hydrogens (primary N) is 1. The maximum absolute atomic E-state index is 12.0. The molecule has 2 aromatic rings. The number of carbonyl (C=O) groups is 1. The van der Waals surface area contributed by atoms with Crippen molar-refractivity contribution in [1.29, 1.82) is 0 Å². The van der Waals surface area contributed by atoms with Gasteiger partial charge in [0, 0.05) is 24.0 Å². The molecule has 0 radical (unpaired) electrons. The molecule has 2 rings (SSSR count). The zero-order valence-electron chi connectivity index (χ0n) is 11.1. The molecule has 0 saturated heterocycles. The topological polar surface area (TPSA) is 70.1 Å². The molecule has 0 aliphatic carbocycles. The van der Waals surface area contributed by atoms with Gasteiger partial charge in [0.05, 0.1) is 11.8 Å². The summed E-state index contributed by atoms with van der Waals surface area (Å²) in [5, 5.41) is 4.12. The molecule has 5 nitrogen and oxygen atoms in total. The molecule has 1 aromatic carbocycles. The highest BCUT2D eigenvalue weighted by Crippen LogP contribution is 2.18. The van der Waals surface area contributed by atoms with Gasteiger partial charge in [-0.25, -0.2) is 4.79 Å². The van der Waals surface area contributed by atoms with Crippen molar-refractivity contribution in [2.75, 3.05) is 5.73 Å². The quantitative estimate of drug-likeness (QED) is 0.674. The molecule has 0 bridgehead atoms. The summed E-state index contributed by atoms with van der Waals surface area (Å²) >= 11 is 0. The van der Waals surface area contributed by atoms with Crippen LogP contribution in [0.15, 0.2) is 30.6 Å². The molecule has 0 saturated carbocycles. The van der Waals surface area contributed by atoms with Gasteiger partial charge in [0.15, 0.2) is 0 Å². The fourth-order valence-corrected chi connectivity index (χ4v) is 1.84. The summed E-state index contributed by atoms with van der Waals surface area (Å²) in [6.45, 7) is 4.82. The number of aromatic nitrogens is 2. The predicted molar refractivity (Wildman–Crippen MR) is 72.6 cm³/mol. The Kier molecular flexibility index (Phi) is 3.85. The van der Waals surface area contributed by atoms with Crippen LogP contribution in [0.4, 0.5) is 5.69 Å². The van der Waals surface area contributed by atoms with E-state index in [4.69, 9.17) is 10.5 Å². The smallest absolute Gasteiger partial charge is 0.340 e.